The highest BCUT2D eigenvalue weighted by molar-refractivity contribution is 5.99. The molecule has 0 saturated heterocycles. The minimum Gasteiger partial charge on any atom is -0.392 e. The first-order chi connectivity index (χ1) is 33.9. The molecule has 3 aliphatic heterocycles. The van der Waals surface area contributed by atoms with Crippen LogP contribution in [-0.2, 0) is 5.85 Å². The van der Waals surface area contributed by atoms with E-state index < -0.39 is 17.6 Å². The molecular formula is C65H63N3O+2. The van der Waals surface area contributed by atoms with E-state index in [4.69, 9.17) is 6.11 Å². The van der Waals surface area contributed by atoms with Gasteiger partial charge in [0.15, 0.2) is 23.0 Å². The van der Waals surface area contributed by atoms with Crippen LogP contribution in [0.4, 0.5) is 0 Å². The van der Waals surface area contributed by atoms with Gasteiger partial charge >= 0.3 is 11.7 Å². The van der Waals surface area contributed by atoms with Crippen molar-refractivity contribution in [1.29, 1.82) is 0 Å². The number of aryl methyl sites for hydroxylation is 1. The van der Waals surface area contributed by atoms with Crippen LogP contribution in [0.25, 0.3) is 83.9 Å². The van der Waals surface area contributed by atoms with Gasteiger partial charge in [-0.05, 0) is 146 Å². The van der Waals surface area contributed by atoms with Crippen LogP contribution in [0.15, 0.2) is 152 Å². The molecular weight excluding hydrogens is 839 g/mol. The maximum atomic E-state index is 9.28. The van der Waals surface area contributed by atoms with Crippen molar-refractivity contribution < 1.29 is 16.6 Å². The fourth-order valence-electron chi connectivity index (χ4n) is 11.8. The highest BCUT2D eigenvalue weighted by atomic mass is 16.5. The number of fused-ring (bicyclic) bond motifs is 5. The second-order valence-corrected chi connectivity index (χ2v) is 21.2. The molecule has 12 rings (SSSR count). The Balaban J connectivity index is 1.20. The molecule has 0 radical (unpaired) electrons. The van der Waals surface area contributed by atoms with Crippen molar-refractivity contribution in [2.45, 2.75) is 112 Å². The molecule has 2 aromatic heterocycles. The molecule has 7 aromatic carbocycles. The predicted octanol–water partition coefficient (Wildman–Crippen LogP) is 16.4. The third kappa shape index (κ3) is 6.26. The van der Waals surface area contributed by atoms with E-state index in [1.807, 2.05) is 27.7 Å². The van der Waals surface area contributed by atoms with Crippen molar-refractivity contribution in [2.24, 2.45) is 0 Å². The Kier molecular flexibility index (Phi) is 9.35. The molecule has 3 aliphatic rings. The Labute approximate surface area is 411 Å². The average Bonchev–Trinajstić information content (AvgIpc) is 3.84. The van der Waals surface area contributed by atoms with Crippen molar-refractivity contribution in [3.8, 4) is 78.6 Å². The van der Waals surface area contributed by atoms with Gasteiger partial charge in [-0.3, -0.25) is 0 Å². The highest BCUT2D eigenvalue weighted by Gasteiger charge is 2.69. The summed E-state index contributed by atoms with van der Waals surface area (Å²) in [5.74, 6) is 0.197. The molecule has 0 saturated carbocycles. The molecule has 1 spiro atoms. The maximum absolute atomic E-state index is 9.28. The third-order valence-electron chi connectivity index (χ3n) is 15.3. The number of ether oxygens (including phenoxy) is 1. The normalized spacial score (nSPS) is 15.9. The lowest BCUT2D eigenvalue weighted by Gasteiger charge is -2.34. The summed E-state index contributed by atoms with van der Waals surface area (Å²) in [6, 6.07) is 53.8. The first kappa shape index (κ1) is 41.0. The van der Waals surface area contributed by atoms with E-state index in [2.05, 4.69) is 214 Å². The van der Waals surface area contributed by atoms with Crippen LogP contribution in [0.1, 0.15) is 140 Å². The van der Waals surface area contributed by atoms with Crippen LogP contribution in [0.2, 0.25) is 0 Å². The minimum atomic E-state index is -1.12. The van der Waals surface area contributed by atoms with Gasteiger partial charge in [-0.2, -0.15) is 4.57 Å². The molecule has 0 aliphatic carbocycles. The molecule has 342 valence electrons. The Hall–Kier alpha value is -7.04. The number of rotatable bonds is 9. The quantitative estimate of drug-likeness (QED) is 0.132. The van der Waals surface area contributed by atoms with Crippen LogP contribution in [0, 0.1) is 6.92 Å². The second-order valence-electron chi connectivity index (χ2n) is 21.2. The van der Waals surface area contributed by atoms with E-state index in [0.29, 0.717) is 11.8 Å². The number of aromatic nitrogens is 3. The molecule has 0 fully saturated rings. The van der Waals surface area contributed by atoms with Gasteiger partial charge in [-0.1, -0.05) is 160 Å². The minimum absolute atomic E-state index is 0.184. The zero-order valence-corrected chi connectivity index (χ0v) is 41.9. The zero-order chi connectivity index (χ0) is 49.6. The van der Waals surface area contributed by atoms with Gasteiger partial charge in [0.2, 0.25) is 5.69 Å². The van der Waals surface area contributed by atoms with Crippen LogP contribution < -0.4 is 13.9 Å². The number of benzene rings is 7. The van der Waals surface area contributed by atoms with Crippen molar-refractivity contribution in [1.82, 2.24) is 4.57 Å². The Morgan fingerprint density at radius 1 is 0.522 bits per heavy atom. The number of imidazole rings is 1. The van der Waals surface area contributed by atoms with Crippen molar-refractivity contribution in [3.05, 3.63) is 191 Å². The largest absolute Gasteiger partial charge is 0.499 e. The van der Waals surface area contributed by atoms with E-state index in [1.54, 1.807) is 0 Å². The summed E-state index contributed by atoms with van der Waals surface area (Å²) in [5.41, 5.74) is 23.9. The summed E-state index contributed by atoms with van der Waals surface area (Å²) >= 11 is 0. The Bertz CT molecular complexity index is 3680. The van der Waals surface area contributed by atoms with Crippen LogP contribution >= 0.6 is 0 Å². The summed E-state index contributed by atoms with van der Waals surface area (Å²) in [6.07, 6.45) is 2.26. The highest BCUT2D eigenvalue weighted by Crippen LogP contribution is 2.56. The smallest absolute Gasteiger partial charge is 0.392 e. The first-order valence-corrected chi connectivity index (χ1v) is 25.0. The number of pyridine rings is 1. The summed E-state index contributed by atoms with van der Waals surface area (Å²) < 4.78 is 33.6. The molecule has 1 unspecified atom stereocenters. The van der Waals surface area contributed by atoms with E-state index in [-0.39, 0.29) is 5.92 Å². The van der Waals surface area contributed by atoms with Gasteiger partial charge in [0.05, 0.1) is 5.56 Å². The van der Waals surface area contributed by atoms with E-state index in [0.717, 1.165) is 95.2 Å². The molecule has 4 nitrogen and oxygen atoms in total. The van der Waals surface area contributed by atoms with E-state index in [1.165, 1.54) is 33.4 Å². The standard InChI is InChI=1S/C65H63N3O/c1-37(2)43-23-25-45(26-24-43)46-29-30-66-59(36-46)55-35-49(44-17-13-12-14-18-44)34-54-52-21-16-22-58-62(52)68-64(56-33-48(38(3)4)32-53(41(9)10)63(56)69-65(66,68)61(54)55)67(58)57-28-27-47(31-42(57)11)60-50(39(5)6)19-15-20-51(60)40(7)8/h12-41H,1-11H3/q+2/i37D,39D. The van der Waals surface area contributed by atoms with Crippen LogP contribution in [0.3, 0.4) is 0 Å². The SMILES string of the molecule is [2H]C(C)(C)c1ccc(-c2cc[n+]3c(c2)-c2cc(-c4ccccc4)cc4c2C32Oc3c(cc(C(C)C)cc3C(C)C)-c3n(-c5ccc(-c6c(C(C)C)cccc6C([2H])(C)C)cc5C)c5cccc-4c5[n+]32)cc1. The number of hydrogen-bond acceptors (Lipinski definition) is 1. The van der Waals surface area contributed by atoms with Gasteiger partial charge in [0.1, 0.15) is 16.8 Å². The summed E-state index contributed by atoms with van der Waals surface area (Å²) in [7, 11) is 0. The Morgan fingerprint density at radius 2 is 1.22 bits per heavy atom. The van der Waals surface area contributed by atoms with Crippen LogP contribution in [0.5, 0.6) is 5.75 Å². The molecule has 0 N–H and O–H groups in total. The fraction of sp³-hybridized carbons (Fsp3) is 0.262. The van der Waals surface area contributed by atoms with E-state index in [9.17, 15) is 1.37 Å². The van der Waals surface area contributed by atoms with Gasteiger partial charge in [-0.25, -0.2) is 0 Å². The molecule has 4 heteroatoms. The van der Waals surface area contributed by atoms with Gasteiger partial charge in [-0.15, -0.1) is 9.13 Å². The zero-order valence-electron chi connectivity index (χ0n) is 43.9. The molecule has 9 aromatic rings. The molecule has 0 bridgehead atoms. The Morgan fingerprint density at radius 3 is 1.91 bits per heavy atom. The second kappa shape index (κ2) is 15.8. The maximum Gasteiger partial charge on any atom is 0.499 e. The van der Waals surface area contributed by atoms with Crippen molar-refractivity contribution in [2.75, 3.05) is 0 Å². The monoisotopic (exact) mass is 904 g/mol. The first-order valence-electron chi connectivity index (χ1n) is 26.0. The number of para-hydroxylation sites is 1. The lowest BCUT2D eigenvalue weighted by atomic mass is 9.84. The number of nitrogens with zero attached hydrogens (tertiary/aromatic N) is 3. The molecule has 0 amide bonds. The number of hydrogen-bond donors (Lipinski definition) is 0. The van der Waals surface area contributed by atoms with Gasteiger partial charge < -0.3 is 4.74 Å². The summed E-state index contributed by atoms with van der Waals surface area (Å²) in [4.78, 5) is 0. The van der Waals surface area contributed by atoms with Crippen LogP contribution in [-0.4, -0.2) is 4.57 Å². The third-order valence-corrected chi connectivity index (χ3v) is 15.3. The average molecular weight is 904 g/mol. The lowest BCUT2D eigenvalue weighted by Crippen LogP contribution is -2.78. The fourth-order valence-corrected chi connectivity index (χ4v) is 11.8. The molecule has 69 heavy (non-hydrogen) atoms. The van der Waals surface area contributed by atoms with E-state index >= 15 is 0 Å². The van der Waals surface area contributed by atoms with Crippen molar-refractivity contribution in [3.63, 3.8) is 0 Å². The van der Waals surface area contributed by atoms with Crippen molar-refractivity contribution >= 4 is 11.0 Å². The molecule has 1 atom stereocenters. The predicted molar refractivity (Wildman–Crippen MR) is 285 cm³/mol. The summed E-state index contributed by atoms with van der Waals surface area (Å²) in [5, 5.41) is 0. The molecule has 5 heterocycles. The van der Waals surface area contributed by atoms with Gasteiger partial charge in [0, 0.05) is 26.0 Å². The summed E-state index contributed by atoms with van der Waals surface area (Å²) in [6.45, 7) is 23.8. The topological polar surface area (TPSA) is 21.9 Å². The lowest BCUT2D eigenvalue weighted by molar-refractivity contribution is -0.997. The van der Waals surface area contributed by atoms with Gasteiger partial charge in [0.25, 0.3) is 0 Å².